The lowest BCUT2D eigenvalue weighted by Crippen LogP contribution is -2.19. The number of aromatic nitrogens is 3. The number of carboxylic acids is 1. The van der Waals surface area contributed by atoms with Gasteiger partial charge in [-0.25, -0.2) is 4.79 Å². The fourth-order valence-corrected chi connectivity index (χ4v) is 6.53. The van der Waals surface area contributed by atoms with E-state index in [4.69, 9.17) is 4.74 Å². The van der Waals surface area contributed by atoms with Gasteiger partial charge < -0.3 is 14.4 Å². The molecule has 0 saturated carbocycles. The van der Waals surface area contributed by atoms with Gasteiger partial charge >= 0.3 is 12.1 Å². The topological polar surface area (TPSA) is 69.3 Å². The van der Waals surface area contributed by atoms with Gasteiger partial charge in [0.2, 0.25) is 0 Å². The van der Waals surface area contributed by atoms with Crippen molar-refractivity contribution in [1.82, 2.24) is 14.3 Å². The van der Waals surface area contributed by atoms with Crippen LogP contribution in [0.5, 0.6) is 5.75 Å². The van der Waals surface area contributed by atoms with Crippen molar-refractivity contribution >= 4 is 27.6 Å². The van der Waals surface area contributed by atoms with Crippen LogP contribution >= 0.6 is 0 Å². The smallest absolute Gasteiger partial charge is 0.408 e. The monoisotopic (exact) mass is 589 g/mol. The van der Waals surface area contributed by atoms with Crippen molar-refractivity contribution in [3.8, 4) is 16.9 Å². The quantitative estimate of drug-likeness (QED) is 0.194. The van der Waals surface area contributed by atoms with Crippen LogP contribution in [0.25, 0.3) is 32.8 Å². The highest BCUT2D eigenvalue weighted by Gasteiger charge is 2.32. The van der Waals surface area contributed by atoms with Crippen molar-refractivity contribution in [3.05, 3.63) is 83.3 Å². The van der Waals surface area contributed by atoms with Crippen LogP contribution in [0.1, 0.15) is 59.5 Å². The Bertz CT molecular complexity index is 1800. The number of aryl methyl sites for hydroxylation is 3. The summed E-state index contributed by atoms with van der Waals surface area (Å²) in [5.74, 6) is -0.221. The van der Waals surface area contributed by atoms with Crippen LogP contribution in [0.2, 0.25) is 0 Å². The third-order valence-corrected chi connectivity index (χ3v) is 8.39. The molecule has 0 fully saturated rings. The van der Waals surface area contributed by atoms with Gasteiger partial charge in [-0.15, -0.1) is 0 Å². The van der Waals surface area contributed by atoms with E-state index in [-0.39, 0.29) is 5.69 Å². The molecule has 0 bridgehead atoms. The number of benzene rings is 3. The molecule has 1 aliphatic heterocycles. The van der Waals surface area contributed by atoms with Gasteiger partial charge in [-0.05, 0) is 56.0 Å². The summed E-state index contributed by atoms with van der Waals surface area (Å²) in [6.07, 6.45) is 0.668. The fraction of sp³-hybridized carbons (Fsp3) is 0.353. The number of halogens is 3. The number of nitrogens with zero attached hydrogens (tertiary/aromatic N) is 3. The lowest BCUT2D eigenvalue weighted by atomic mass is 9.96. The van der Waals surface area contributed by atoms with Crippen molar-refractivity contribution in [3.63, 3.8) is 0 Å². The van der Waals surface area contributed by atoms with Crippen LogP contribution in [0.15, 0.2) is 60.7 Å². The Morgan fingerprint density at radius 1 is 0.977 bits per heavy atom. The Hall–Kier alpha value is -4.27. The first-order chi connectivity index (χ1) is 20.7. The lowest BCUT2D eigenvalue weighted by molar-refractivity contribution is -0.142. The van der Waals surface area contributed by atoms with E-state index in [9.17, 15) is 23.1 Å². The van der Waals surface area contributed by atoms with E-state index >= 15 is 0 Å². The third kappa shape index (κ3) is 5.72. The molecule has 1 aliphatic rings. The van der Waals surface area contributed by atoms with Gasteiger partial charge in [0.05, 0.1) is 17.8 Å². The third-order valence-electron chi connectivity index (χ3n) is 8.39. The maximum Gasteiger partial charge on any atom is 0.408 e. The Morgan fingerprint density at radius 2 is 1.72 bits per heavy atom. The zero-order chi connectivity index (χ0) is 30.1. The zero-order valence-electron chi connectivity index (χ0n) is 24.1. The summed E-state index contributed by atoms with van der Waals surface area (Å²) in [5, 5.41) is 17.8. The lowest BCUT2D eigenvalue weighted by Gasteiger charge is -2.13. The minimum Gasteiger partial charge on any atom is -0.493 e. The first-order valence-corrected chi connectivity index (χ1v) is 14.8. The first kappa shape index (κ1) is 28.8. The molecule has 0 saturated heterocycles. The van der Waals surface area contributed by atoms with Gasteiger partial charge in [-0.1, -0.05) is 67.4 Å². The molecule has 5 aromatic rings. The molecule has 6 rings (SSSR count). The van der Waals surface area contributed by atoms with Crippen molar-refractivity contribution in [2.45, 2.75) is 71.1 Å². The van der Waals surface area contributed by atoms with Crippen LogP contribution in [0, 0.1) is 6.92 Å². The predicted octanol–water partition coefficient (Wildman–Crippen LogP) is 8.36. The summed E-state index contributed by atoms with van der Waals surface area (Å²) < 4.78 is 49.4. The number of para-hydroxylation sites is 1. The van der Waals surface area contributed by atoms with Gasteiger partial charge in [-0.2, -0.15) is 18.3 Å². The van der Waals surface area contributed by atoms with Gasteiger partial charge in [0, 0.05) is 34.1 Å². The van der Waals surface area contributed by atoms with Crippen LogP contribution in [-0.4, -0.2) is 38.2 Å². The van der Waals surface area contributed by atoms with Crippen molar-refractivity contribution in [2.24, 2.45) is 0 Å². The van der Waals surface area contributed by atoms with E-state index < -0.39 is 18.7 Å². The van der Waals surface area contributed by atoms with Crippen molar-refractivity contribution in [1.29, 1.82) is 0 Å². The van der Waals surface area contributed by atoms with Crippen LogP contribution in [0.3, 0.4) is 0 Å². The van der Waals surface area contributed by atoms with E-state index in [0.717, 1.165) is 68.9 Å². The summed E-state index contributed by atoms with van der Waals surface area (Å²) in [6, 6.07) is 19.6. The van der Waals surface area contributed by atoms with Crippen LogP contribution in [-0.2, 0) is 25.9 Å². The minimum atomic E-state index is -4.40. The van der Waals surface area contributed by atoms with E-state index in [1.807, 2.05) is 65.2 Å². The van der Waals surface area contributed by atoms with E-state index in [2.05, 4.69) is 5.10 Å². The number of ether oxygens (including phenoxy) is 1. The Balaban J connectivity index is 1.41. The van der Waals surface area contributed by atoms with Gasteiger partial charge in [-0.3, -0.25) is 4.68 Å². The summed E-state index contributed by atoms with van der Waals surface area (Å²) in [5.41, 5.74) is 4.21. The van der Waals surface area contributed by atoms with E-state index in [1.54, 1.807) is 6.92 Å². The molecule has 0 spiro atoms. The Labute approximate surface area is 247 Å². The van der Waals surface area contributed by atoms with Crippen molar-refractivity contribution < 1.29 is 27.8 Å². The molecule has 0 atom stereocenters. The molecule has 6 nitrogen and oxygen atoms in total. The standard InChI is InChI=1S/C34H34F3N3O3/c1-22-30-27-15-9-14-25-26(16-10-20-43-29-18-8-12-23-11-5-6-13-24(23)29)32(33(41)42)39(31(25)27)19-7-3-2-4-17-28(30)38-40(22)21-34(35,36)37/h5-6,8-9,11-15,18H,2-4,7,10,16-17,19-21H2,1H3,(H,41,42). The van der Waals surface area contributed by atoms with Crippen LogP contribution < -0.4 is 4.74 Å². The fourth-order valence-electron chi connectivity index (χ4n) is 6.53. The molecule has 9 heteroatoms. The molecule has 0 unspecified atom stereocenters. The maximum absolute atomic E-state index is 13.4. The maximum atomic E-state index is 13.4. The number of carboxylic acid groups (broad SMARTS) is 1. The molecule has 3 aromatic carbocycles. The molecule has 0 aliphatic carbocycles. The number of rotatable bonds is 7. The second kappa shape index (κ2) is 11.8. The van der Waals surface area contributed by atoms with Gasteiger partial charge in [0.25, 0.3) is 0 Å². The second-order valence-corrected chi connectivity index (χ2v) is 11.3. The highest BCUT2D eigenvalue weighted by molar-refractivity contribution is 6.04. The van der Waals surface area contributed by atoms with Gasteiger partial charge in [0.15, 0.2) is 0 Å². The number of carbonyl (C=O) groups is 1. The summed E-state index contributed by atoms with van der Waals surface area (Å²) in [7, 11) is 0. The Morgan fingerprint density at radius 3 is 2.53 bits per heavy atom. The number of hydrogen-bond acceptors (Lipinski definition) is 3. The average molecular weight is 590 g/mol. The number of hydrogen-bond donors (Lipinski definition) is 1. The molecular weight excluding hydrogens is 555 g/mol. The molecule has 0 amide bonds. The molecule has 3 heterocycles. The molecular formula is C34H34F3N3O3. The molecule has 2 aromatic heterocycles. The first-order valence-electron chi connectivity index (χ1n) is 14.8. The molecule has 43 heavy (non-hydrogen) atoms. The average Bonchev–Trinajstić information content (AvgIpc) is 3.44. The molecule has 0 radical (unpaired) electrons. The van der Waals surface area contributed by atoms with Crippen molar-refractivity contribution in [2.75, 3.05) is 6.61 Å². The summed E-state index contributed by atoms with van der Waals surface area (Å²) in [4.78, 5) is 12.8. The van der Waals surface area contributed by atoms with Crippen LogP contribution in [0.4, 0.5) is 13.2 Å². The zero-order valence-corrected chi connectivity index (χ0v) is 24.1. The largest absolute Gasteiger partial charge is 0.493 e. The number of fused-ring (bicyclic) bond motifs is 3. The Kier molecular flexibility index (Phi) is 7.90. The predicted molar refractivity (Wildman–Crippen MR) is 161 cm³/mol. The summed E-state index contributed by atoms with van der Waals surface area (Å²) >= 11 is 0. The molecule has 1 N–H and O–H groups in total. The summed E-state index contributed by atoms with van der Waals surface area (Å²) in [6.45, 7) is 1.44. The highest BCUT2D eigenvalue weighted by Crippen LogP contribution is 2.40. The molecule has 224 valence electrons. The SMILES string of the molecule is Cc1c2c(nn1CC(F)(F)F)CCCCCCn1c(C(=O)O)c(CCCOc3cccc4ccccc34)c3cccc-2c31. The van der Waals surface area contributed by atoms with E-state index in [0.29, 0.717) is 49.4 Å². The highest BCUT2D eigenvalue weighted by atomic mass is 19.4. The van der Waals surface area contributed by atoms with E-state index in [1.165, 1.54) is 0 Å². The number of aromatic carboxylic acids is 1. The number of alkyl halides is 3. The minimum absolute atomic E-state index is 0.244. The van der Waals surface area contributed by atoms with Gasteiger partial charge in [0.1, 0.15) is 18.0 Å². The normalized spacial score (nSPS) is 14.0. The second-order valence-electron chi connectivity index (χ2n) is 11.3.